The molecule has 1 aromatic heterocycles. The zero-order valence-electron chi connectivity index (χ0n) is 22.8. The van der Waals surface area contributed by atoms with Crippen LogP contribution in [0.25, 0.3) is 32.0 Å². The summed E-state index contributed by atoms with van der Waals surface area (Å²) in [6.45, 7) is 9.99. The smallest absolute Gasteiger partial charge is 0.119 e. The monoisotopic (exact) mass is 508 g/mol. The third-order valence-electron chi connectivity index (χ3n) is 8.22. The zero-order chi connectivity index (χ0) is 25.8. The molecule has 0 saturated carbocycles. The van der Waals surface area contributed by atoms with Gasteiger partial charge in [0.05, 0.1) is 6.61 Å². The first-order chi connectivity index (χ1) is 18.1. The molecule has 192 valence electrons. The molecule has 1 atom stereocenters. The van der Waals surface area contributed by atoms with Crippen LogP contribution in [-0.4, -0.2) is 6.61 Å². The van der Waals surface area contributed by atoms with E-state index >= 15 is 0 Å². The Morgan fingerprint density at radius 1 is 0.730 bits per heavy atom. The van der Waals surface area contributed by atoms with Crippen molar-refractivity contribution in [3.05, 3.63) is 90.0 Å². The SMILES string of the molecule is CCCC1(CCC)c2ccccc2-c2cccc(-c3ccc(-c4ccc(OCCC(C)CC)cc4)s3)c21. The zero-order valence-corrected chi connectivity index (χ0v) is 23.7. The molecular formula is C35H40OS. The summed E-state index contributed by atoms with van der Waals surface area (Å²) in [7, 11) is 0. The van der Waals surface area contributed by atoms with Crippen LogP contribution in [-0.2, 0) is 5.41 Å². The molecule has 0 saturated heterocycles. The van der Waals surface area contributed by atoms with Gasteiger partial charge in [-0.2, -0.15) is 0 Å². The van der Waals surface area contributed by atoms with Crippen molar-refractivity contribution in [3.8, 4) is 37.8 Å². The highest BCUT2D eigenvalue weighted by molar-refractivity contribution is 7.18. The van der Waals surface area contributed by atoms with Crippen LogP contribution in [0.1, 0.15) is 77.3 Å². The first-order valence-corrected chi connectivity index (χ1v) is 15.0. The van der Waals surface area contributed by atoms with Crippen LogP contribution in [0.15, 0.2) is 78.9 Å². The van der Waals surface area contributed by atoms with Crippen LogP contribution < -0.4 is 4.74 Å². The number of fused-ring (bicyclic) bond motifs is 3. The maximum absolute atomic E-state index is 6.00. The Hall–Kier alpha value is -2.84. The topological polar surface area (TPSA) is 9.23 Å². The van der Waals surface area contributed by atoms with Gasteiger partial charge in [0.15, 0.2) is 0 Å². The van der Waals surface area contributed by atoms with Crippen molar-refractivity contribution in [1.29, 1.82) is 0 Å². The molecule has 0 spiro atoms. The summed E-state index contributed by atoms with van der Waals surface area (Å²) in [4.78, 5) is 2.68. The number of rotatable bonds is 11. The minimum atomic E-state index is 0.102. The lowest BCUT2D eigenvalue weighted by atomic mass is 9.70. The number of hydrogen-bond acceptors (Lipinski definition) is 2. The first kappa shape index (κ1) is 25.8. The van der Waals surface area contributed by atoms with E-state index in [1.165, 1.54) is 69.7 Å². The number of thiophene rings is 1. The number of ether oxygens (including phenoxy) is 1. The molecule has 0 amide bonds. The molecule has 2 heteroatoms. The largest absolute Gasteiger partial charge is 0.494 e. The molecule has 1 aliphatic carbocycles. The van der Waals surface area contributed by atoms with Gasteiger partial charge in [-0.05, 0) is 95.0 Å². The molecule has 1 heterocycles. The number of hydrogen-bond donors (Lipinski definition) is 0. The molecule has 37 heavy (non-hydrogen) atoms. The molecule has 0 fully saturated rings. The summed E-state index contributed by atoms with van der Waals surface area (Å²) in [5.74, 6) is 1.68. The fourth-order valence-electron chi connectivity index (χ4n) is 6.20. The van der Waals surface area contributed by atoms with Crippen LogP contribution in [0.2, 0.25) is 0 Å². The summed E-state index contributed by atoms with van der Waals surface area (Å²) in [5, 5.41) is 0. The molecule has 1 aliphatic rings. The van der Waals surface area contributed by atoms with E-state index in [0.29, 0.717) is 5.92 Å². The average Bonchev–Trinajstić information content (AvgIpc) is 3.52. The van der Waals surface area contributed by atoms with Gasteiger partial charge in [-0.3, -0.25) is 0 Å². The van der Waals surface area contributed by atoms with Gasteiger partial charge in [-0.25, -0.2) is 0 Å². The second kappa shape index (κ2) is 11.3. The van der Waals surface area contributed by atoms with E-state index in [-0.39, 0.29) is 5.41 Å². The van der Waals surface area contributed by atoms with Crippen molar-refractivity contribution < 1.29 is 4.74 Å². The van der Waals surface area contributed by atoms with Gasteiger partial charge < -0.3 is 4.74 Å². The van der Waals surface area contributed by atoms with Gasteiger partial charge in [-0.15, -0.1) is 11.3 Å². The highest BCUT2D eigenvalue weighted by atomic mass is 32.1. The first-order valence-electron chi connectivity index (χ1n) is 14.2. The molecule has 0 bridgehead atoms. The van der Waals surface area contributed by atoms with E-state index in [9.17, 15) is 0 Å². The quantitative estimate of drug-likeness (QED) is 0.196. The lowest BCUT2D eigenvalue weighted by molar-refractivity contribution is 0.282. The third-order valence-corrected chi connectivity index (χ3v) is 9.38. The van der Waals surface area contributed by atoms with Crippen molar-refractivity contribution >= 4 is 11.3 Å². The molecule has 1 nitrogen and oxygen atoms in total. The van der Waals surface area contributed by atoms with E-state index in [0.717, 1.165) is 18.8 Å². The highest BCUT2D eigenvalue weighted by Crippen LogP contribution is 2.57. The van der Waals surface area contributed by atoms with Crippen molar-refractivity contribution in [2.75, 3.05) is 6.61 Å². The Morgan fingerprint density at radius 3 is 2.14 bits per heavy atom. The second-order valence-electron chi connectivity index (χ2n) is 10.7. The second-order valence-corrected chi connectivity index (χ2v) is 11.8. The fourth-order valence-corrected chi connectivity index (χ4v) is 7.24. The Balaban J connectivity index is 1.47. The van der Waals surface area contributed by atoms with Crippen LogP contribution in [0.3, 0.4) is 0 Å². The van der Waals surface area contributed by atoms with Crippen molar-refractivity contribution in [3.63, 3.8) is 0 Å². The van der Waals surface area contributed by atoms with Crippen molar-refractivity contribution in [2.45, 2.75) is 71.6 Å². The van der Waals surface area contributed by atoms with E-state index < -0.39 is 0 Å². The standard InChI is InChI=1S/C35H40OS/c1-5-22-35(23-6-2)31-14-9-8-11-28(31)29-12-10-13-30(34(29)35)33-20-19-32(37-33)26-15-17-27(18-16-26)36-24-21-25(4)7-3/h8-20,25H,5-7,21-24H2,1-4H3. The van der Waals surface area contributed by atoms with Crippen LogP contribution in [0.4, 0.5) is 0 Å². The van der Waals surface area contributed by atoms with Crippen LogP contribution in [0.5, 0.6) is 5.75 Å². The maximum atomic E-state index is 6.00. The summed E-state index contributed by atoms with van der Waals surface area (Å²) in [6, 6.07) is 29.4. The molecule has 0 N–H and O–H groups in total. The van der Waals surface area contributed by atoms with Gasteiger partial charge in [-0.1, -0.05) is 89.4 Å². The third kappa shape index (κ3) is 4.89. The summed E-state index contributed by atoms with van der Waals surface area (Å²) >= 11 is 1.91. The molecule has 4 aromatic rings. The Morgan fingerprint density at radius 2 is 1.41 bits per heavy atom. The predicted molar refractivity (Wildman–Crippen MR) is 161 cm³/mol. The van der Waals surface area contributed by atoms with E-state index in [2.05, 4.69) is 107 Å². The van der Waals surface area contributed by atoms with Gasteiger partial charge in [0, 0.05) is 15.2 Å². The molecule has 0 radical (unpaired) electrons. The summed E-state index contributed by atoms with van der Waals surface area (Å²) in [5.41, 5.74) is 8.72. The minimum Gasteiger partial charge on any atom is -0.494 e. The molecule has 3 aromatic carbocycles. The minimum absolute atomic E-state index is 0.102. The lowest BCUT2D eigenvalue weighted by Gasteiger charge is -2.33. The molecule has 0 aliphatic heterocycles. The highest BCUT2D eigenvalue weighted by Gasteiger charge is 2.43. The summed E-state index contributed by atoms with van der Waals surface area (Å²) < 4.78 is 6.00. The van der Waals surface area contributed by atoms with Gasteiger partial charge in [0.25, 0.3) is 0 Å². The van der Waals surface area contributed by atoms with E-state index in [1.54, 1.807) is 5.56 Å². The normalized spacial score (nSPS) is 14.3. The Bertz CT molecular complexity index is 1320. The average molecular weight is 509 g/mol. The van der Waals surface area contributed by atoms with Crippen molar-refractivity contribution in [2.24, 2.45) is 5.92 Å². The van der Waals surface area contributed by atoms with E-state index in [4.69, 9.17) is 4.74 Å². The lowest BCUT2D eigenvalue weighted by Crippen LogP contribution is -2.25. The fraction of sp³-hybridized carbons (Fsp3) is 0.371. The van der Waals surface area contributed by atoms with Crippen LogP contribution in [0, 0.1) is 5.92 Å². The Kier molecular flexibility index (Phi) is 7.86. The van der Waals surface area contributed by atoms with Crippen molar-refractivity contribution in [1.82, 2.24) is 0 Å². The maximum Gasteiger partial charge on any atom is 0.119 e. The van der Waals surface area contributed by atoms with Gasteiger partial charge in [0.1, 0.15) is 5.75 Å². The van der Waals surface area contributed by atoms with Crippen LogP contribution >= 0.6 is 11.3 Å². The summed E-state index contributed by atoms with van der Waals surface area (Å²) in [6.07, 6.45) is 7.07. The molecular weight excluding hydrogens is 468 g/mol. The van der Waals surface area contributed by atoms with E-state index in [1.807, 2.05) is 11.3 Å². The van der Waals surface area contributed by atoms with Gasteiger partial charge >= 0.3 is 0 Å². The number of benzene rings is 3. The predicted octanol–water partition coefficient (Wildman–Crippen LogP) is 10.8. The Labute approximate surface area is 227 Å². The molecule has 1 unspecified atom stereocenters. The molecule has 5 rings (SSSR count). The van der Waals surface area contributed by atoms with Gasteiger partial charge in [0.2, 0.25) is 0 Å².